The molecular formula is C18H21NO2S. The monoisotopic (exact) mass is 315 g/mol. The van der Waals surface area contributed by atoms with Gasteiger partial charge in [-0.1, -0.05) is 30.3 Å². The van der Waals surface area contributed by atoms with E-state index in [-0.39, 0.29) is 5.91 Å². The first-order valence-electron chi connectivity index (χ1n) is 7.48. The highest BCUT2D eigenvalue weighted by Crippen LogP contribution is 2.28. The third kappa shape index (κ3) is 5.47. The van der Waals surface area contributed by atoms with Crippen molar-refractivity contribution in [2.45, 2.75) is 13.3 Å². The van der Waals surface area contributed by atoms with Gasteiger partial charge in [-0.3, -0.25) is 4.79 Å². The highest BCUT2D eigenvalue weighted by molar-refractivity contribution is 7.16. The zero-order valence-electron chi connectivity index (χ0n) is 12.7. The van der Waals surface area contributed by atoms with E-state index in [0.29, 0.717) is 13.2 Å². The van der Waals surface area contributed by atoms with Gasteiger partial charge in [0.2, 0.25) is 5.91 Å². The Kier molecular flexibility index (Phi) is 6.87. The van der Waals surface area contributed by atoms with Crippen LogP contribution in [0, 0.1) is 0 Å². The third-order valence-corrected chi connectivity index (χ3v) is 4.15. The van der Waals surface area contributed by atoms with Gasteiger partial charge in [0.15, 0.2) is 0 Å². The van der Waals surface area contributed by atoms with Crippen LogP contribution in [-0.4, -0.2) is 25.7 Å². The van der Waals surface area contributed by atoms with Crippen molar-refractivity contribution in [3.63, 3.8) is 0 Å². The first-order valence-corrected chi connectivity index (χ1v) is 8.30. The highest BCUT2D eigenvalue weighted by Gasteiger charge is 2.01. The fourth-order valence-electron chi connectivity index (χ4n) is 1.95. The van der Waals surface area contributed by atoms with E-state index in [1.165, 1.54) is 10.4 Å². The summed E-state index contributed by atoms with van der Waals surface area (Å²) in [6.45, 7) is 4.01. The zero-order valence-corrected chi connectivity index (χ0v) is 13.6. The highest BCUT2D eigenvalue weighted by atomic mass is 32.1. The molecule has 2 aromatic rings. The Morgan fingerprint density at radius 3 is 2.82 bits per heavy atom. The van der Waals surface area contributed by atoms with Crippen molar-refractivity contribution in [3.05, 3.63) is 53.4 Å². The van der Waals surface area contributed by atoms with Crippen LogP contribution in [0.2, 0.25) is 0 Å². The number of rotatable bonds is 8. The second-order valence-electron chi connectivity index (χ2n) is 4.74. The van der Waals surface area contributed by atoms with Gasteiger partial charge in [-0.25, -0.2) is 0 Å². The molecule has 0 bridgehead atoms. The SMILES string of the molecule is CCOCCCNC(=O)/C=C/c1ccc(-c2ccccc2)s1. The molecule has 22 heavy (non-hydrogen) atoms. The van der Waals surface area contributed by atoms with Crippen LogP contribution in [0.15, 0.2) is 48.5 Å². The van der Waals surface area contributed by atoms with Crippen molar-refractivity contribution in [2.75, 3.05) is 19.8 Å². The summed E-state index contributed by atoms with van der Waals surface area (Å²) in [6, 6.07) is 14.4. The van der Waals surface area contributed by atoms with Crippen LogP contribution in [0.25, 0.3) is 16.5 Å². The van der Waals surface area contributed by atoms with Gasteiger partial charge in [-0.15, -0.1) is 11.3 Å². The minimum absolute atomic E-state index is 0.0637. The number of carbonyl (C=O) groups excluding carboxylic acids is 1. The normalized spacial score (nSPS) is 11.0. The van der Waals surface area contributed by atoms with Crippen molar-refractivity contribution in [1.29, 1.82) is 0 Å². The quantitative estimate of drug-likeness (QED) is 0.591. The standard InChI is InChI=1S/C18H21NO2S/c1-2-21-14-6-13-19-18(20)12-10-16-9-11-17(22-16)15-7-4-3-5-8-15/h3-5,7-12H,2,6,13-14H2,1H3,(H,19,20)/b12-10+. The molecule has 0 aliphatic rings. The number of hydrogen-bond donors (Lipinski definition) is 1. The van der Waals surface area contributed by atoms with E-state index in [1.807, 2.05) is 37.3 Å². The molecule has 1 aromatic heterocycles. The van der Waals surface area contributed by atoms with Crippen LogP contribution < -0.4 is 5.32 Å². The lowest BCUT2D eigenvalue weighted by molar-refractivity contribution is -0.116. The van der Waals surface area contributed by atoms with Gasteiger partial charge >= 0.3 is 0 Å². The van der Waals surface area contributed by atoms with E-state index < -0.39 is 0 Å². The van der Waals surface area contributed by atoms with Crippen LogP contribution in [0.4, 0.5) is 0 Å². The van der Waals surface area contributed by atoms with Crippen molar-refractivity contribution in [2.24, 2.45) is 0 Å². The van der Waals surface area contributed by atoms with Gasteiger partial charge < -0.3 is 10.1 Å². The number of carbonyl (C=O) groups is 1. The maximum absolute atomic E-state index is 11.7. The summed E-state index contributed by atoms with van der Waals surface area (Å²) in [7, 11) is 0. The minimum Gasteiger partial charge on any atom is -0.382 e. The molecule has 0 saturated heterocycles. The van der Waals surface area contributed by atoms with Gasteiger partial charge in [0.25, 0.3) is 0 Å². The van der Waals surface area contributed by atoms with E-state index in [9.17, 15) is 4.79 Å². The second-order valence-corrected chi connectivity index (χ2v) is 5.86. The fourth-order valence-corrected chi connectivity index (χ4v) is 2.86. The molecule has 0 saturated carbocycles. The molecular weight excluding hydrogens is 294 g/mol. The Labute approximate surface area is 135 Å². The third-order valence-electron chi connectivity index (χ3n) is 3.05. The number of thiophene rings is 1. The van der Waals surface area contributed by atoms with Gasteiger partial charge in [0, 0.05) is 35.6 Å². The predicted octanol–water partition coefficient (Wildman–Crippen LogP) is 3.97. The molecule has 0 spiro atoms. The van der Waals surface area contributed by atoms with Crippen LogP contribution in [0.1, 0.15) is 18.2 Å². The Hall–Kier alpha value is -1.91. The summed E-state index contributed by atoms with van der Waals surface area (Å²) in [5, 5.41) is 2.85. The Bertz CT molecular complexity index is 605. The number of benzene rings is 1. The van der Waals surface area contributed by atoms with Gasteiger partial charge in [0.1, 0.15) is 0 Å². The Morgan fingerprint density at radius 1 is 1.23 bits per heavy atom. The average Bonchev–Trinajstić information content (AvgIpc) is 3.02. The lowest BCUT2D eigenvalue weighted by Crippen LogP contribution is -2.23. The molecule has 0 atom stereocenters. The molecule has 1 N–H and O–H groups in total. The van der Waals surface area contributed by atoms with Gasteiger partial charge in [-0.05, 0) is 37.1 Å². The Morgan fingerprint density at radius 2 is 2.05 bits per heavy atom. The molecule has 3 nitrogen and oxygen atoms in total. The van der Waals surface area contributed by atoms with Crippen molar-refractivity contribution >= 4 is 23.3 Å². The molecule has 2 rings (SSSR count). The number of hydrogen-bond acceptors (Lipinski definition) is 3. The van der Waals surface area contributed by atoms with Crippen LogP contribution in [0.3, 0.4) is 0 Å². The first kappa shape index (κ1) is 16.5. The molecule has 0 unspecified atom stereocenters. The summed E-state index contributed by atoms with van der Waals surface area (Å²) in [5.74, 6) is -0.0637. The number of ether oxygens (including phenoxy) is 1. The lowest BCUT2D eigenvalue weighted by Gasteiger charge is -2.02. The van der Waals surface area contributed by atoms with Crippen LogP contribution in [-0.2, 0) is 9.53 Å². The van der Waals surface area contributed by atoms with E-state index in [2.05, 4.69) is 23.5 Å². The smallest absolute Gasteiger partial charge is 0.244 e. The summed E-state index contributed by atoms with van der Waals surface area (Å²) in [4.78, 5) is 14.0. The van der Waals surface area contributed by atoms with Crippen LogP contribution in [0.5, 0.6) is 0 Å². The van der Waals surface area contributed by atoms with Crippen molar-refractivity contribution < 1.29 is 9.53 Å². The summed E-state index contributed by atoms with van der Waals surface area (Å²) in [6.07, 6.45) is 4.28. The van der Waals surface area contributed by atoms with Crippen molar-refractivity contribution in [1.82, 2.24) is 5.32 Å². The van der Waals surface area contributed by atoms with Gasteiger partial charge in [0.05, 0.1) is 0 Å². The maximum Gasteiger partial charge on any atom is 0.244 e. The predicted molar refractivity (Wildman–Crippen MR) is 92.9 cm³/mol. The van der Waals surface area contributed by atoms with E-state index in [1.54, 1.807) is 17.4 Å². The van der Waals surface area contributed by atoms with E-state index in [0.717, 1.165) is 17.9 Å². The maximum atomic E-state index is 11.7. The number of amides is 1. The summed E-state index contributed by atoms with van der Waals surface area (Å²) >= 11 is 1.68. The summed E-state index contributed by atoms with van der Waals surface area (Å²) in [5.41, 5.74) is 1.20. The molecule has 1 heterocycles. The molecule has 1 aromatic carbocycles. The largest absolute Gasteiger partial charge is 0.382 e. The Balaban J connectivity index is 1.81. The average molecular weight is 315 g/mol. The molecule has 0 fully saturated rings. The zero-order chi connectivity index (χ0) is 15.6. The molecule has 116 valence electrons. The van der Waals surface area contributed by atoms with Crippen LogP contribution >= 0.6 is 11.3 Å². The van der Waals surface area contributed by atoms with E-state index in [4.69, 9.17) is 4.74 Å². The van der Waals surface area contributed by atoms with E-state index >= 15 is 0 Å². The fraction of sp³-hybridized carbons (Fsp3) is 0.278. The molecule has 0 aliphatic heterocycles. The number of nitrogens with one attached hydrogen (secondary N) is 1. The molecule has 1 amide bonds. The minimum atomic E-state index is -0.0637. The summed E-state index contributed by atoms with van der Waals surface area (Å²) < 4.78 is 5.22. The lowest BCUT2D eigenvalue weighted by atomic mass is 10.2. The molecule has 0 radical (unpaired) electrons. The topological polar surface area (TPSA) is 38.3 Å². The van der Waals surface area contributed by atoms with Gasteiger partial charge in [-0.2, -0.15) is 0 Å². The molecule has 4 heteroatoms. The van der Waals surface area contributed by atoms with Crippen molar-refractivity contribution in [3.8, 4) is 10.4 Å². The second kappa shape index (κ2) is 9.18. The first-order chi connectivity index (χ1) is 10.8. The molecule has 0 aliphatic carbocycles.